The van der Waals surface area contributed by atoms with E-state index in [4.69, 9.17) is 0 Å². The van der Waals surface area contributed by atoms with Gasteiger partial charge in [0.25, 0.3) is 0 Å². The van der Waals surface area contributed by atoms with Crippen molar-refractivity contribution in [1.29, 1.82) is 0 Å². The fourth-order valence-electron chi connectivity index (χ4n) is 4.35. The van der Waals surface area contributed by atoms with Gasteiger partial charge in [-0.15, -0.1) is 0 Å². The summed E-state index contributed by atoms with van der Waals surface area (Å²) in [6, 6.07) is 18.3. The summed E-state index contributed by atoms with van der Waals surface area (Å²) >= 11 is 0. The van der Waals surface area contributed by atoms with E-state index in [0.29, 0.717) is 12.3 Å². The summed E-state index contributed by atoms with van der Waals surface area (Å²) in [4.78, 5) is 17.1. The van der Waals surface area contributed by atoms with Crippen LogP contribution < -0.4 is 5.32 Å². The van der Waals surface area contributed by atoms with Crippen LogP contribution in [0.4, 0.5) is 5.69 Å². The van der Waals surface area contributed by atoms with E-state index in [1.54, 1.807) is 0 Å². The van der Waals surface area contributed by atoms with Crippen molar-refractivity contribution < 1.29 is 13.2 Å². The van der Waals surface area contributed by atoms with Gasteiger partial charge < -0.3 is 5.32 Å². The number of nitrogens with zero attached hydrogens (tertiary/aromatic N) is 2. The monoisotopic (exact) mass is 427 g/mol. The van der Waals surface area contributed by atoms with Crippen LogP contribution in [0.3, 0.4) is 0 Å². The maximum Gasteiger partial charge on any atom is 0.238 e. The lowest BCUT2D eigenvalue weighted by atomic mass is 10.0. The molecule has 160 valence electrons. The molecule has 0 aliphatic carbocycles. The minimum Gasteiger partial charge on any atom is -0.325 e. The Balaban J connectivity index is 1.29. The number of carbonyl (C=O) groups is 1. The highest BCUT2D eigenvalue weighted by Gasteiger charge is 2.33. The van der Waals surface area contributed by atoms with E-state index in [-0.39, 0.29) is 17.7 Å². The predicted octanol–water partition coefficient (Wildman–Crippen LogP) is 2.02. The zero-order valence-corrected chi connectivity index (χ0v) is 18.0. The van der Waals surface area contributed by atoms with Crippen LogP contribution in [0.1, 0.15) is 17.5 Å². The quantitative estimate of drug-likeness (QED) is 0.764. The topological polar surface area (TPSA) is 69.7 Å². The number of carbonyl (C=O) groups excluding carboxylic acids is 1. The lowest BCUT2D eigenvalue weighted by Crippen LogP contribution is -2.52. The van der Waals surface area contributed by atoms with Gasteiger partial charge in [0.2, 0.25) is 5.91 Å². The van der Waals surface area contributed by atoms with E-state index >= 15 is 0 Å². The summed E-state index contributed by atoms with van der Waals surface area (Å²) in [5.74, 6) is 0.585. The fourth-order valence-corrected chi connectivity index (χ4v) is 6.12. The molecular formula is C23H29N3O3S. The van der Waals surface area contributed by atoms with Gasteiger partial charge in [-0.05, 0) is 30.0 Å². The number of rotatable bonds is 6. The number of benzene rings is 2. The highest BCUT2D eigenvalue weighted by Crippen LogP contribution is 2.21. The largest absolute Gasteiger partial charge is 0.325 e. The highest BCUT2D eigenvalue weighted by atomic mass is 32.2. The standard InChI is InChI=1S/C23H29N3O3S/c27-23(17-25-11-13-26(14-12-25)21-10-15-30(28,29)18-21)24-22-9-5-4-8-20(22)16-19-6-2-1-3-7-19/h1-9,21H,10-18H2,(H,24,27)/t21-/m1/s1. The van der Waals surface area contributed by atoms with Crippen LogP contribution in [0.15, 0.2) is 54.6 Å². The van der Waals surface area contributed by atoms with Crippen LogP contribution in [0.25, 0.3) is 0 Å². The first kappa shape index (κ1) is 21.0. The normalized spacial score (nSPS) is 22.1. The average molecular weight is 428 g/mol. The van der Waals surface area contributed by atoms with Crippen molar-refractivity contribution in [2.45, 2.75) is 18.9 Å². The zero-order valence-electron chi connectivity index (χ0n) is 17.2. The van der Waals surface area contributed by atoms with Crippen LogP contribution in [-0.2, 0) is 21.1 Å². The third-order valence-electron chi connectivity index (χ3n) is 6.03. The van der Waals surface area contributed by atoms with Crippen molar-refractivity contribution in [2.24, 2.45) is 0 Å². The average Bonchev–Trinajstić information content (AvgIpc) is 3.10. The molecule has 2 heterocycles. The molecule has 2 saturated heterocycles. The number of anilines is 1. The summed E-state index contributed by atoms with van der Waals surface area (Å²) in [6.07, 6.45) is 1.52. The van der Waals surface area contributed by atoms with Crippen molar-refractivity contribution in [3.8, 4) is 0 Å². The van der Waals surface area contributed by atoms with Gasteiger partial charge in [-0.2, -0.15) is 0 Å². The van der Waals surface area contributed by atoms with Crippen molar-refractivity contribution in [3.63, 3.8) is 0 Å². The van der Waals surface area contributed by atoms with Crippen LogP contribution >= 0.6 is 0 Å². The van der Waals surface area contributed by atoms with Crippen molar-refractivity contribution in [3.05, 3.63) is 65.7 Å². The molecule has 0 bridgehead atoms. The number of para-hydroxylation sites is 1. The molecule has 0 radical (unpaired) electrons. The zero-order chi connectivity index (χ0) is 21.0. The molecule has 2 aromatic carbocycles. The van der Waals surface area contributed by atoms with Gasteiger partial charge in [0.05, 0.1) is 18.1 Å². The van der Waals surface area contributed by atoms with Gasteiger partial charge in [0, 0.05) is 37.9 Å². The minimum atomic E-state index is -2.86. The molecule has 1 N–H and O–H groups in total. The van der Waals surface area contributed by atoms with E-state index in [9.17, 15) is 13.2 Å². The molecule has 7 heteroatoms. The Morgan fingerprint density at radius 2 is 1.67 bits per heavy atom. The molecule has 0 aromatic heterocycles. The van der Waals surface area contributed by atoms with E-state index in [2.05, 4.69) is 33.3 Å². The third-order valence-corrected chi connectivity index (χ3v) is 7.78. The highest BCUT2D eigenvalue weighted by molar-refractivity contribution is 7.91. The summed E-state index contributed by atoms with van der Waals surface area (Å²) < 4.78 is 23.4. The molecule has 1 amide bonds. The molecule has 2 aliphatic heterocycles. The minimum absolute atomic E-state index is 0.00703. The summed E-state index contributed by atoms with van der Waals surface area (Å²) in [5, 5.41) is 3.08. The maximum atomic E-state index is 12.7. The van der Waals surface area contributed by atoms with Crippen molar-refractivity contribution in [1.82, 2.24) is 9.80 Å². The van der Waals surface area contributed by atoms with Crippen molar-refractivity contribution in [2.75, 3.05) is 49.5 Å². The number of amides is 1. The van der Waals surface area contributed by atoms with Gasteiger partial charge in [-0.3, -0.25) is 14.6 Å². The lowest BCUT2D eigenvalue weighted by Gasteiger charge is -2.37. The fraction of sp³-hybridized carbons (Fsp3) is 0.435. The molecule has 0 saturated carbocycles. The molecule has 1 atom stereocenters. The van der Waals surface area contributed by atoms with Gasteiger partial charge in [0.1, 0.15) is 0 Å². The summed E-state index contributed by atoms with van der Waals surface area (Å²) in [6.45, 7) is 3.57. The molecule has 0 unspecified atom stereocenters. The molecular weight excluding hydrogens is 398 g/mol. The first-order valence-electron chi connectivity index (χ1n) is 10.6. The smallest absolute Gasteiger partial charge is 0.238 e. The Bertz CT molecular complexity index is 970. The molecule has 4 rings (SSSR count). The Morgan fingerprint density at radius 1 is 0.967 bits per heavy atom. The predicted molar refractivity (Wildman–Crippen MR) is 119 cm³/mol. The van der Waals surface area contributed by atoms with E-state index in [0.717, 1.165) is 50.3 Å². The number of hydrogen-bond donors (Lipinski definition) is 1. The van der Waals surface area contributed by atoms with Gasteiger partial charge in [0.15, 0.2) is 9.84 Å². The number of piperazine rings is 1. The van der Waals surface area contributed by atoms with E-state index < -0.39 is 9.84 Å². The van der Waals surface area contributed by atoms with Crippen LogP contribution in [-0.4, -0.2) is 74.4 Å². The van der Waals surface area contributed by atoms with Crippen LogP contribution in [0, 0.1) is 0 Å². The van der Waals surface area contributed by atoms with Crippen LogP contribution in [0.5, 0.6) is 0 Å². The SMILES string of the molecule is O=C(CN1CCN([C@@H]2CCS(=O)(=O)C2)CC1)Nc1ccccc1Cc1ccccc1. The van der Waals surface area contributed by atoms with Gasteiger partial charge in [-0.1, -0.05) is 48.5 Å². The Kier molecular flexibility index (Phi) is 6.51. The molecule has 2 aliphatic rings. The maximum absolute atomic E-state index is 12.7. The molecule has 30 heavy (non-hydrogen) atoms. The van der Waals surface area contributed by atoms with Crippen LogP contribution in [0.2, 0.25) is 0 Å². The second kappa shape index (κ2) is 9.29. The number of hydrogen-bond acceptors (Lipinski definition) is 5. The van der Waals surface area contributed by atoms with E-state index in [1.807, 2.05) is 36.4 Å². The second-order valence-corrected chi connectivity index (χ2v) is 10.5. The van der Waals surface area contributed by atoms with Crippen molar-refractivity contribution >= 4 is 21.4 Å². The summed E-state index contributed by atoms with van der Waals surface area (Å²) in [5.41, 5.74) is 3.18. The second-order valence-electron chi connectivity index (χ2n) is 8.24. The first-order chi connectivity index (χ1) is 14.5. The van der Waals surface area contributed by atoms with Gasteiger partial charge in [-0.25, -0.2) is 8.42 Å². The molecule has 0 spiro atoms. The Morgan fingerprint density at radius 3 is 2.37 bits per heavy atom. The number of sulfone groups is 1. The van der Waals surface area contributed by atoms with Gasteiger partial charge >= 0.3 is 0 Å². The van der Waals surface area contributed by atoms with E-state index in [1.165, 1.54) is 5.56 Å². The Hall–Kier alpha value is -2.22. The summed E-state index contributed by atoms with van der Waals surface area (Å²) in [7, 11) is -2.86. The number of nitrogens with one attached hydrogen (secondary N) is 1. The molecule has 2 aromatic rings. The lowest BCUT2D eigenvalue weighted by molar-refractivity contribution is -0.117. The Labute approximate surface area is 178 Å². The molecule has 6 nitrogen and oxygen atoms in total. The molecule has 2 fully saturated rings. The first-order valence-corrected chi connectivity index (χ1v) is 12.4. The third kappa shape index (κ3) is 5.47.